The molecule has 9 heteroatoms. The zero-order chi connectivity index (χ0) is 96.4. The van der Waals surface area contributed by atoms with Crippen LogP contribution in [0, 0.1) is 0 Å². The highest BCUT2D eigenvalue weighted by Gasteiger charge is 2.26. The minimum absolute atomic E-state index is 0.898. The number of benzene rings is 23. The summed E-state index contributed by atoms with van der Waals surface area (Å²) < 4.78 is 33.1. The van der Waals surface area contributed by atoms with E-state index in [-0.39, 0.29) is 0 Å². The van der Waals surface area contributed by atoms with Gasteiger partial charge in [-0.3, -0.25) is 0 Å². The van der Waals surface area contributed by atoms with Gasteiger partial charge in [0.1, 0.15) is 33.5 Å². The molecule has 0 aliphatic heterocycles. The molecule has 147 heavy (non-hydrogen) atoms. The molecule has 23 aromatic carbocycles. The second-order valence-electron chi connectivity index (χ2n) is 38.4. The van der Waals surface area contributed by atoms with E-state index < -0.39 is 0 Å². The summed E-state index contributed by atoms with van der Waals surface area (Å²) in [4.78, 5) is 0. The maximum atomic E-state index is 6.30. The zero-order valence-electron chi connectivity index (χ0n) is 79.6. The Hall–Kier alpha value is -19.7. The number of fused-ring (bicyclic) bond motifs is 27. The monoisotopic (exact) mass is 1870 g/mol. The summed E-state index contributed by atoms with van der Waals surface area (Å²) in [6.07, 6.45) is 0. The lowest BCUT2D eigenvalue weighted by molar-refractivity contribution is 0.668. The molecule has 0 N–H and O–H groups in total. The minimum Gasteiger partial charge on any atom is -0.456 e. The Labute approximate surface area is 842 Å². The highest BCUT2D eigenvalue weighted by Crippen LogP contribution is 2.48. The van der Waals surface area contributed by atoms with Crippen LogP contribution in [0.3, 0.4) is 0 Å². The lowest BCUT2D eigenvalue weighted by atomic mass is 10.0. The topological polar surface area (TPSA) is 69.0 Å². The Morgan fingerprint density at radius 3 is 0.782 bits per heavy atom. The zero-order valence-corrected chi connectivity index (χ0v) is 79.6. The third-order valence-electron chi connectivity index (χ3n) is 30.4. The van der Waals surface area contributed by atoms with Crippen molar-refractivity contribution in [1.29, 1.82) is 0 Å². The lowest BCUT2D eigenvalue weighted by Gasteiger charge is -2.14. The molecule has 0 radical (unpaired) electrons. The van der Waals surface area contributed by atoms with Crippen LogP contribution in [-0.2, 0) is 0 Å². The summed E-state index contributed by atoms with van der Waals surface area (Å²) in [5, 5.41) is 21.7. The van der Waals surface area contributed by atoms with Gasteiger partial charge in [-0.05, 0) is 250 Å². The second kappa shape index (κ2) is 33.5. The molecule has 9 heterocycles. The first-order valence-electron chi connectivity index (χ1n) is 50.2. The van der Waals surface area contributed by atoms with Crippen molar-refractivity contribution in [2.45, 2.75) is 0 Å². The first-order valence-corrected chi connectivity index (χ1v) is 50.2. The van der Waals surface area contributed by atoms with Gasteiger partial charge in [-0.25, -0.2) is 0 Å². The fraction of sp³-hybridized carbons (Fsp3) is 0. The molecule has 0 unspecified atom stereocenters. The van der Waals surface area contributed by atoms with Crippen molar-refractivity contribution in [3.63, 3.8) is 0 Å². The van der Waals surface area contributed by atoms with Crippen LogP contribution in [0.2, 0.25) is 0 Å². The van der Waals surface area contributed by atoms with Crippen molar-refractivity contribution < 1.29 is 13.3 Å². The van der Waals surface area contributed by atoms with Crippen LogP contribution >= 0.6 is 0 Å². The highest BCUT2D eigenvalue weighted by atomic mass is 16.3. The van der Waals surface area contributed by atoms with E-state index in [1.54, 1.807) is 0 Å². The number of furan rings is 3. The van der Waals surface area contributed by atoms with E-state index in [4.69, 9.17) is 13.3 Å². The fourth-order valence-corrected chi connectivity index (χ4v) is 23.8. The van der Waals surface area contributed by atoms with Gasteiger partial charge in [-0.15, -0.1) is 0 Å². The highest BCUT2D eigenvalue weighted by molar-refractivity contribution is 6.21. The molecule has 0 aliphatic carbocycles. The van der Waals surface area contributed by atoms with E-state index in [0.29, 0.717) is 0 Å². The van der Waals surface area contributed by atoms with Gasteiger partial charge in [0.25, 0.3) is 0 Å². The number of hydrogen-bond acceptors (Lipinski definition) is 3. The van der Waals surface area contributed by atoms with E-state index in [9.17, 15) is 0 Å². The van der Waals surface area contributed by atoms with Gasteiger partial charge in [0.2, 0.25) is 0 Å². The molecule has 32 aromatic rings. The Morgan fingerprint density at radius 1 is 0.116 bits per heavy atom. The molecule has 0 amide bonds. The molecule has 686 valence electrons. The molecule has 0 bridgehead atoms. The third kappa shape index (κ3) is 13.3. The van der Waals surface area contributed by atoms with Gasteiger partial charge in [-0.1, -0.05) is 322 Å². The summed E-state index contributed by atoms with van der Waals surface area (Å²) in [5.74, 6) is 0. The van der Waals surface area contributed by atoms with Crippen molar-refractivity contribution in [1.82, 2.24) is 27.4 Å². The third-order valence-corrected chi connectivity index (χ3v) is 30.4. The average Bonchev–Trinajstić information content (AvgIpc) is 1.56. The lowest BCUT2D eigenvalue weighted by Crippen LogP contribution is -1.97. The van der Waals surface area contributed by atoms with Crippen LogP contribution in [-0.4, -0.2) is 27.4 Å². The number of rotatable bonds is 11. The quantitative estimate of drug-likeness (QED) is 0.130. The normalized spacial score (nSPS) is 11.9. The van der Waals surface area contributed by atoms with Gasteiger partial charge in [0.05, 0.1) is 94.0 Å². The van der Waals surface area contributed by atoms with Crippen LogP contribution in [0.25, 0.3) is 286 Å². The van der Waals surface area contributed by atoms with Crippen molar-refractivity contribution >= 4 is 197 Å². The van der Waals surface area contributed by atoms with E-state index in [0.717, 1.165) is 88.6 Å². The number of aromatic nitrogens is 6. The largest absolute Gasteiger partial charge is 0.456 e. The van der Waals surface area contributed by atoms with Crippen molar-refractivity contribution in [3.8, 4) is 89.8 Å². The minimum atomic E-state index is 0.898. The molecule has 0 atom stereocenters. The van der Waals surface area contributed by atoms with Gasteiger partial charge in [-0.2, -0.15) is 0 Å². The van der Waals surface area contributed by atoms with Crippen LogP contribution in [0.15, 0.2) is 535 Å². The predicted octanol–water partition coefficient (Wildman–Crippen LogP) is 37.7. The maximum absolute atomic E-state index is 6.30. The maximum Gasteiger partial charge on any atom is 0.137 e. The molecular weight excluding hydrogens is 1790 g/mol. The van der Waals surface area contributed by atoms with Gasteiger partial charge >= 0.3 is 0 Å². The van der Waals surface area contributed by atoms with Crippen molar-refractivity contribution in [3.05, 3.63) is 522 Å². The molecule has 9 nitrogen and oxygen atoms in total. The predicted molar refractivity (Wildman–Crippen MR) is 614 cm³/mol. The summed E-state index contributed by atoms with van der Waals surface area (Å²) >= 11 is 0. The summed E-state index contributed by atoms with van der Waals surface area (Å²) in [6.45, 7) is 0. The summed E-state index contributed by atoms with van der Waals surface area (Å²) in [7, 11) is 0. The molecule has 0 saturated heterocycles. The molecule has 0 spiro atoms. The first kappa shape index (κ1) is 83.1. The van der Waals surface area contributed by atoms with Crippen LogP contribution < -0.4 is 0 Å². The number of nitrogens with zero attached hydrogens (tertiary/aromatic N) is 6. The van der Waals surface area contributed by atoms with Gasteiger partial charge < -0.3 is 40.7 Å². The van der Waals surface area contributed by atoms with E-state index in [2.05, 4.69) is 513 Å². The average molecular weight is 1880 g/mol. The standard InChI is InChI=1S/2C48H30N2O.C42H26N2O/c1-2-13-31(14-3-1)34-15-4-8-19-40(34)49-41-20-9-5-16-35(41)38-29-32(25-27-43(38)49)33-26-28-44-39(30-33)36-17-6-10-21-42(36)50(44)45-22-12-24-47-48(45)37-18-7-11-23-46(37)51-47;1-2-12-31(13-3-1)32-14-10-15-35(28-32)49-41-19-7-4-16-36(41)39-29-33(24-26-43(39)49)34-25-27-44-40(30-34)37-17-5-8-20-42(37)50(44)45-21-11-23-47-48(45)38-18-6-9-22-46(38)51-47;1-2-10-29(11-3-1)43-37-15-7-4-12-31(37)34-24-27(18-21-39(34)43)28-19-22-40-35(25-28)32-13-5-8-16-38(32)44(40)30-20-23-42-36(26-30)33-14-6-9-17-41(33)45-42/h2*1-30H;1-26H. The Bertz CT molecular complexity index is 11000. The smallest absolute Gasteiger partial charge is 0.137 e. The van der Waals surface area contributed by atoms with E-state index in [1.807, 2.05) is 36.4 Å². The molecule has 0 aliphatic rings. The Morgan fingerprint density at radius 2 is 0.367 bits per heavy atom. The SMILES string of the molecule is c1ccc(-c2cccc(-n3c4ccccc4c4cc(-c5ccc6c(c5)c5ccccc5n6-c5cccc6oc7ccccc7c56)ccc43)c2)cc1.c1ccc(-c2ccccc2-n2c3ccccc3c3cc(-c4ccc5c(c4)c4ccccc4n5-c4cccc5oc6ccccc6c45)ccc32)cc1.c1ccc(-n2c3ccccc3c3cc(-c4ccc5c(c4)c4ccccc4n5-c4ccc5oc6ccccc6c5c4)ccc32)cc1. The summed E-state index contributed by atoms with van der Waals surface area (Å²) in [6, 6.07) is 188. The second-order valence-corrected chi connectivity index (χ2v) is 38.4. The molecule has 9 aromatic heterocycles. The molecular formula is C138H86N6O3. The van der Waals surface area contributed by atoms with Crippen LogP contribution in [0.1, 0.15) is 0 Å². The van der Waals surface area contributed by atoms with Crippen molar-refractivity contribution in [2.75, 3.05) is 0 Å². The van der Waals surface area contributed by atoms with Gasteiger partial charge in [0.15, 0.2) is 0 Å². The van der Waals surface area contributed by atoms with E-state index in [1.165, 1.54) is 198 Å². The number of para-hydroxylation sites is 11. The fourth-order valence-electron chi connectivity index (χ4n) is 23.8. The van der Waals surface area contributed by atoms with Crippen LogP contribution in [0.4, 0.5) is 0 Å². The first-order chi connectivity index (χ1) is 72.9. The molecule has 0 saturated carbocycles. The van der Waals surface area contributed by atoms with Crippen LogP contribution in [0.5, 0.6) is 0 Å². The van der Waals surface area contributed by atoms with E-state index >= 15 is 0 Å². The van der Waals surface area contributed by atoms with Crippen molar-refractivity contribution in [2.24, 2.45) is 0 Å². The number of hydrogen-bond donors (Lipinski definition) is 0. The Kier molecular flexibility index (Phi) is 18.9. The molecule has 0 fully saturated rings. The Balaban J connectivity index is 0.000000102. The van der Waals surface area contributed by atoms with Gasteiger partial charge in [0, 0.05) is 109 Å². The molecule has 32 rings (SSSR count). The summed E-state index contributed by atoms with van der Waals surface area (Å²) in [5.41, 5.74) is 38.7.